The number of aromatic nitrogens is 2. The smallest absolute Gasteiger partial charge is 0.109 e. The van der Waals surface area contributed by atoms with E-state index in [9.17, 15) is 0 Å². The highest BCUT2D eigenvalue weighted by molar-refractivity contribution is 9.10. The molecule has 0 amide bonds. The number of imidazole rings is 1. The Morgan fingerprint density at radius 1 is 1.43 bits per heavy atom. The van der Waals surface area contributed by atoms with Gasteiger partial charge in [-0.05, 0) is 48.2 Å². The number of nitrogens with zero attached hydrogens (tertiary/aromatic N) is 2. The van der Waals surface area contributed by atoms with Gasteiger partial charge in [0, 0.05) is 13.0 Å². The molecular formula is C10H16BrN3. The molecule has 0 aromatic carbocycles. The lowest BCUT2D eigenvalue weighted by Gasteiger charge is -2.13. The van der Waals surface area contributed by atoms with E-state index in [4.69, 9.17) is 5.73 Å². The summed E-state index contributed by atoms with van der Waals surface area (Å²) in [6.07, 6.45) is 5.70. The van der Waals surface area contributed by atoms with Crippen LogP contribution in [-0.4, -0.2) is 16.1 Å². The average molecular weight is 258 g/mol. The Morgan fingerprint density at radius 3 is 3.00 bits per heavy atom. The predicted molar refractivity (Wildman–Crippen MR) is 60.2 cm³/mol. The van der Waals surface area contributed by atoms with Gasteiger partial charge in [0.1, 0.15) is 10.4 Å². The highest BCUT2D eigenvalue weighted by atomic mass is 79.9. The molecule has 2 N–H and O–H groups in total. The van der Waals surface area contributed by atoms with E-state index >= 15 is 0 Å². The Balaban J connectivity index is 2.20. The van der Waals surface area contributed by atoms with E-state index in [1.54, 1.807) is 0 Å². The van der Waals surface area contributed by atoms with Crippen molar-refractivity contribution in [1.29, 1.82) is 0 Å². The SMILES string of the molecule is NCCCc1nc2n(c1Br)CCCC2. The molecule has 3 nitrogen and oxygen atoms in total. The molecule has 4 heteroatoms. The van der Waals surface area contributed by atoms with Crippen LogP contribution in [0, 0.1) is 0 Å². The number of nitrogens with two attached hydrogens (primary N) is 1. The largest absolute Gasteiger partial charge is 0.330 e. The Kier molecular flexibility index (Phi) is 3.23. The number of fused-ring (bicyclic) bond motifs is 1. The Hall–Kier alpha value is -0.350. The normalized spacial score (nSPS) is 15.6. The van der Waals surface area contributed by atoms with Crippen molar-refractivity contribution in [1.82, 2.24) is 9.55 Å². The number of rotatable bonds is 3. The molecule has 0 unspecified atom stereocenters. The van der Waals surface area contributed by atoms with Gasteiger partial charge in [0.05, 0.1) is 5.69 Å². The molecule has 1 aliphatic rings. The van der Waals surface area contributed by atoms with Crippen LogP contribution < -0.4 is 5.73 Å². The van der Waals surface area contributed by atoms with E-state index in [2.05, 4.69) is 25.5 Å². The number of hydrogen-bond acceptors (Lipinski definition) is 2. The van der Waals surface area contributed by atoms with Crippen molar-refractivity contribution >= 4 is 15.9 Å². The molecule has 1 aromatic rings. The summed E-state index contributed by atoms with van der Waals surface area (Å²) in [6, 6.07) is 0. The van der Waals surface area contributed by atoms with Crippen molar-refractivity contribution in [2.24, 2.45) is 5.73 Å². The minimum atomic E-state index is 0.745. The zero-order valence-electron chi connectivity index (χ0n) is 8.30. The maximum atomic E-state index is 5.50. The molecule has 78 valence electrons. The molecule has 0 bridgehead atoms. The van der Waals surface area contributed by atoms with Crippen LogP contribution in [0.25, 0.3) is 0 Å². The van der Waals surface area contributed by atoms with Gasteiger partial charge in [-0.3, -0.25) is 0 Å². The van der Waals surface area contributed by atoms with E-state index < -0.39 is 0 Å². The molecule has 0 fully saturated rings. The van der Waals surface area contributed by atoms with Crippen LogP contribution in [0.2, 0.25) is 0 Å². The standard InChI is InChI=1S/C10H16BrN3/c11-10-8(4-3-6-12)13-9-5-1-2-7-14(9)10/h1-7,12H2. The maximum absolute atomic E-state index is 5.50. The predicted octanol–water partition coefficient (Wildman–Crippen LogP) is 1.87. The Morgan fingerprint density at radius 2 is 2.29 bits per heavy atom. The third-order valence-corrected chi connectivity index (χ3v) is 3.59. The minimum absolute atomic E-state index is 0.745. The first-order valence-corrected chi connectivity index (χ1v) is 6.06. The highest BCUT2D eigenvalue weighted by Crippen LogP contribution is 2.24. The van der Waals surface area contributed by atoms with Gasteiger partial charge < -0.3 is 10.3 Å². The fourth-order valence-corrected chi connectivity index (χ4v) is 2.60. The fourth-order valence-electron chi connectivity index (χ4n) is 1.93. The van der Waals surface area contributed by atoms with Gasteiger partial charge in [0.2, 0.25) is 0 Å². The van der Waals surface area contributed by atoms with E-state index in [1.807, 2.05) is 0 Å². The average Bonchev–Trinajstić information content (AvgIpc) is 2.54. The molecule has 0 atom stereocenters. The lowest BCUT2D eigenvalue weighted by Crippen LogP contribution is -2.10. The lowest BCUT2D eigenvalue weighted by atomic mass is 10.2. The van der Waals surface area contributed by atoms with Crippen molar-refractivity contribution < 1.29 is 0 Å². The molecular weight excluding hydrogens is 242 g/mol. The summed E-state index contributed by atoms with van der Waals surface area (Å²) in [5, 5.41) is 0. The molecule has 2 rings (SSSR count). The number of halogens is 1. The van der Waals surface area contributed by atoms with Gasteiger partial charge >= 0.3 is 0 Å². The summed E-state index contributed by atoms with van der Waals surface area (Å²) in [5.41, 5.74) is 6.69. The molecule has 14 heavy (non-hydrogen) atoms. The monoisotopic (exact) mass is 257 g/mol. The summed E-state index contributed by atoms with van der Waals surface area (Å²) in [5.74, 6) is 1.25. The second-order valence-electron chi connectivity index (χ2n) is 3.77. The zero-order chi connectivity index (χ0) is 9.97. The Labute approximate surface area is 92.8 Å². The van der Waals surface area contributed by atoms with Crippen molar-refractivity contribution in [3.8, 4) is 0 Å². The first kappa shape index (κ1) is 10.2. The number of hydrogen-bond donors (Lipinski definition) is 1. The van der Waals surface area contributed by atoms with Crippen LogP contribution in [0.1, 0.15) is 30.8 Å². The molecule has 0 radical (unpaired) electrons. The third-order valence-electron chi connectivity index (χ3n) is 2.70. The zero-order valence-corrected chi connectivity index (χ0v) is 9.89. The number of aryl methyl sites for hydroxylation is 2. The topological polar surface area (TPSA) is 43.8 Å². The van der Waals surface area contributed by atoms with Gasteiger partial charge in [-0.1, -0.05) is 0 Å². The van der Waals surface area contributed by atoms with Gasteiger partial charge in [-0.15, -0.1) is 0 Å². The summed E-state index contributed by atoms with van der Waals surface area (Å²) in [6.45, 7) is 1.86. The highest BCUT2D eigenvalue weighted by Gasteiger charge is 2.16. The van der Waals surface area contributed by atoms with Gasteiger partial charge in [0.15, 0.2) is 0 Å². The van der Waals surface area contributed by atoms with Gasteiger partial charge in [-0.2, -0.15) is 0 Å². The van der Waals surface area contributed by atoms with E-state index in [-0.39, 0.29) is 0 Å². The van der Waals surface area contributed by atoms with Crippen LogP contribution in [0.4, 0.5) is 0 Å². The second kappa shape index (κ2) is 4.45. The van der Waals surface area contributed by atoms with Crippen molar-refractivity contribution in [2.75, 3.05) is 6.54 Å². The molecule has 1 aromatic heterocycles. The maximum Gasteiger partial charge on any atom is 0.109 e. The van der Waals surface area contributed by atoms with Gasteiger partial charge in [0.25, 0.3) is 0 Å². The van der Waals surface area contributed by atoms with Crippen LogP contribution >= 0.6 is 15.9 Å². The third kappa shape index (κ3) is 1.86. The van der Waals surface area contributed by atoms with Crippen LogP contribution in [0.5, 0.6) is 0 Å². The first-order chi connectivity index (χ1) is 6.83. The molecule has 0 saturated carbocycles. The van der Waals surface area contributed by atoms with Crippen molar-refractivity contribution in [3.63, 3.8) is 0 Å². The molecule has 1 aliphatic heterocycles. The van der Waals surface area contributed by atoms with Crippen LogP contribution in [0.15, 0.2) is 4.60 Å². The van der Waals surface area contributed by atoms with Crippen molar-refractivity contribution in [2.45, 2.75) is 38.6 Å². The van der Waals surface area contributed by atoms with E-state index in [0.29, 0.717) is 0 Å². The fraction of sp³-hybridized carbons (Fsp3) is 0.700. The second-order valence-corrected chi connectivity index (χ2v) is 4.52. The summed E-state index contributed by atoms with van der Waals surface area (Å²) in [4.78, 5) is 4.65. The van der Waals surface area contributed by atoms with Crippen LogP contribution in [0.3, 0.4) is 0 Å². The van der Waals surface area contributed by atoms with Crippen LogP contribution in [-0.2, 0) is 19.4 Å². The molecule has 0 spiro atoms. The summed E-state index contributed by atoms with van der Waals surface area (Å²) in [7, 11) is 0. The Bertz CT molecular complexity index is 319. The summed E-state index contributed by atoms with van der Waals surface area (Å²) >= 11 is 3.63. The minimum Gasteiger partial charge on any atom is -0.330 e. The molecule has 0 aliphatic carbocycles. The van der Waals surface area contributed by atoms with Gasteiger partial charge in [-0.25, -0.2) is 4.98 Å². The lowest BCUT2D eigenvalue weighted by molar-refractivity contribution is 0.516. The van der Waals surface area contributed by atoms with E-state index in [1.165, 1.54) is 29.0 Å². The quantitative estimate of drug-likeness (QED) is 0.899. The molecule has 2 heterocycles. The van der Waals surface area contributed by atoms with Crippen molar-refractivity contribution in [3.05, 3.63) is 16.1 Å². The van der Waals surface area contributed by atoms with E-state index in [0.717, 1.165) is 32.4 Å². The molecule has 0 saturated heterocycles. The first-order valence-electron chi connectivity index (χ1n) is 5.26. The summed E-state index contributed by atoms with van der Waals surface area (Å²) < 4.78 is 3.48.